The Morgan fingerprint density at radius 2 is 1.76 bits per heavy atom. The maximum Gasteiger partial charge on any atom is 2.00 e. The Bertz CT molecular complexity index is 631. The van der Waals surface area contributed by atoms with E-state index in [-0.39, 0.29) is 46.8 Å². The molecule has 1 N–H and O–H groups in total. The van der Waals surface area contributed by atoms with Crippen LogP contribution in [0.2, 0.25) is 0 Å². The molecule has 0 amide bonds. The molecule has 0 aliphatic rings. The fraction of sp³-hybridized carbons (Fsp3) is 0.0588. The number of rotatable bonds is 2. The van der Waals surface area contributed by atoms with Crippen LogP contribution in [0.15, 0.2) is 47.5 Å². The molecular formula is C17H18N2OZr. The minimum Gasteiger partial charge on any atom is -0.507 e. The molecule has 0 aromatic heterocycles. The molecule has 0 saturated carbocycles. The van der Waals surface area contributed by atoms with Gasteiger partial charge in [-0.15, -0.1) is 0 Å². The van der Waals surface area contributed by atoms with Crippen LogP contribution in [0, 0.1) is 28.3 Å². The Labute approximate surface area is 146 Å². The number of para-hydroxylation sites is 1. The molecule has 0 bridgehead atoms. The molecule has 0 saturated heterocycles. The molecule has 2 aromatic rings. The van der Waals surface area contributed by atoms with Gasteiger partial charge in [-0.25, -0.2) is 4.85 Å². The first-order valence-electron chi connectivity index (χ1n) is 5.51. The number of nitrogens with zero attached hydrogens (tertiary/aromatic N) is 2. The van der Waals surface area contributed by atoms with E-state index in [1.54, 1.807) is 25.3 Å². The van der Waals surface area contributed by atoms with Crippen LogP contribution in [-0.2, 0) is 26.2 Å². The van der Waals surface area contributed by atoms with Gasteiger partial charge >= 0.3 is 26.2 Å². The summed E-state index contributed by atoms with van der Waals surface area (Å²) < 4.78 is 0. The van der Waals surface area contributed by atoms with Crippen LogP contribution < -0.4 is 0 Å². The van der Waals surface area contributed by atoms with Gasteiger partial charge in [-0.2, -0.15) is 0 Å². The molecule has 106 valence electrons. The summed E-state index contributed by atoms with van der Waals surface area (Å²) in [5.74, 6) is 0.169. The van der Waals surface area contributed by atoms with Crippen LogP contribution in [-0.4, -0.2) is 11.3 Å². The Morgan fingerprint density at radius 3 is 2.33 bits per heavy atom. The van der Waals surface area contributed by atoms with E-state index in [4.69, 9.17) is 6.57 Å². The van der Waals surface area contributed by atoms with E-state index < -0.39 is 0 Å². The third kappa shape index (κ3) is 5.65. The van der Waals surface area contributed by atoms with Crippen LogP contribution in [0.5, 0.6) is 5.75 Å². The second-order valence-electron chi connectivity index (χ2n) is 3.91. The fourth-order valence-electron chi connectivity index (χ4n) is 1.61. The van der Waals surface area contributed by atoms with Crippen molar-refractivity contribution in [2.45, 2.75) is 6.92 Å². The average molecular weight is 358 g/mol. The Kier molecular flexibility index (Phi) is 10.4. The molecular weight excluding hydrogens is 339 g/mol. The first kappa shape index (κ1) is 21.6. The summed E-state index contributed by atoms with van der Waals surface area (Å²) in [6, 6.07) is 12.7. The van der Waals surface area contributed by atoms with Crippen molar-refractivity contribution in [3.05, 3.63) is 79.9 Å². The van der Waals surface area contributed by atoms with E-state index in [1.165, 1.54) is 0 Å². The van der Waals surface area contributed by atoms with Crippen molar-refractivity contribution >= 4 is 17.6 Å². The minimum atomic E-state index is 0. The summed E-state index contributed by atoms with van der Waals surface area (Å²) in [6.07, 6.45) is 1.58. The normalized spacial score (nSPS) is 8.95. The van der Waals surface area contributed by atoms with E-state index in [2.05, 4.69) is 9.84 Å². The smallest absolute Gasteiger partial charge is 0.507 e. The molecule has 3 nitrogen and oxygen atoms in total. The SMILES string of the molecule is [C-]#[N+]c1cc(C)c(O)c(C=Nc2ccccc2)c1.[CH3-].[CH3-].[Zr+2]. The second-order valence-corrected chi connectivity index (χ2v) is 3.91. The molecule has 0 fully saturated rings. The third-order valence-corrected chi connectivity index (χ3v) is 2.55. The summed E-state index contributed by atoms with van der Waals surface area (Å²) in [5.41, 5.74) is 2.55. The van der Waals surface area contributed by atoms with Gasteiger partial charge in [0.15, 0.2) is 5.69 Å². The van der Waals surface area contributed by atoms with Gasteiger partial charge in [-0.3, -0.25) is 4.99 Å². The first-order chi connectivity index (χ1) is 8.70. The number of aliphatic imine (C=N–C) groups is 1. The molecule has 21 heavy (non-hydrogen) atoms. The quantitative estimate of drug-likeness (QED) is 0.602. The van der Waals surface area contributed by atoms with Gasteiger partial charge in [0.25, 0.3) is 0 Å². The van der Waals surface area contributed by atoms with E-state index in [9.17, 15) is 5.11 Å². The maximum atomic E-state index is 9.90. The first-order valence-corrected chi connectivity index (χ1v) is 5.51. The van der Waals surface area contributed by atoms with Crippen molar-refractivity contribution in [3.63, 3.8) is 0 Å². The fourth-order valence-corrected chi connectivity index (χ4v) is 1.61. The van der Waals surface area contributed by atoms with Crippen LogP contribution in [0.4, 0.5) is 11.4 Å². The van der Waals surface area contributed by atoms with Crippen molar-refractivity contribution in [2.75, 3.05) is 0 Å². The average Bonchev–Trinajstić information content (AvgIpc) is 2.41. The molecule has 2 aromatic carbocycles. The number of phenolic OH excluding ortho intramolecular Hbond substituents is 1. The zero-order valence-electron chi connectivity index (χ0n) is 12.5. The van der Waals surface area contributed by atoms with Crippen molar-refractivity contribution in [3.8, 4) is 5.75 Å². The largest absolute Gasteiger partial charge is 2.00 e. The summed E-state index contributed by atoms with van der Waals surface area (Å²) in [4.78, 5) is 7.63. The van der Waals surface area contributed by atoms with Crippen molar-refractivity contribution in [2.24, 2.45) is 4.99 Å². The van der Waals surface area contributed by atoms with Crippen LogP contribution in [0.25, 0.3) is 4.85 Å². The summed E-state index contributed by atoms with van der Waals surface area (Å²) >= 11 is 0. The van der Waals surface area contributed by atoms with Gasteiger partial charge in [0.05, 0.1) is 12.3 Å². The maximum absolute atomic E-state index is 9.90. The molecule has 0 radical (unpaired) electrons. The number of hydrogen-bond acceptors (Lipinski definition) is 2. The van der Waals surface area contributed by atoms with Gasteiger partial charge in [0.2, 0.25) is 0 Å². The molecule has 2 rings (SSSR count). The molecule has 0 atom stereocenters. The minimum absolute atomic E-state index is 0. The molecule has 0 heterocycles. The predicted octanol–water partition coefficient (Wildman–Crippen LogP) is 4.90. The second kappa shape index (κ2) is 10.1. The Morgan fingerprint density at radius 1 is 1.14 bits per heavy atom. The zero-order valence-corrected chi connectivity index (χ0v) is 14.9. The van der Waals surface area contributed by atoms with Crippen molar-refractivity contribution < 1.29 is 31.3 Å². The Hall–Kier alpha value is -1.72. The zero-order chi connectivity index (χ0) is 13.0. The van der Waals surface area contributed by atoms with Gasteiger partial charge < -0.3 is 20.0 Å². The summed E-state index contributed by atoms with van der Waals surface area (Å²) in [6.45, 7) is 8.77. The number of phenols is 1. The van der Waals surface area contributed by atoms with Crippen LogP contribution >= 0.6 is 0 Å². The standard InChI is InChI=1S/C15H12N2O.2CH3.Zr/c1-11-8-14(16-2)9-12(15(11)18)10-17-13-6-4-3-5-7-13;;;/h3-10,18H,1H3;2*1H3;/q;2*-1;+2. The molecule has 0 aliphatic heterocycles. The topological polar surface area (TPSA) is 37.0 Å². The van der Waals surface area contributed by atoms with Crippen LogP contribution in [0.3, 0.4) is 0 Å². The summed E-state index contributed by atoms with van der Waals surface area (Å²) in [5, 5.41) is 9.90. The van der Waals surface area contributed by atoms with Gasteiger partial charge in [-0.05, 0) is 36.8 Å². The predicted molar refractivity (Wildman–Crippen MR) is 85.6 cm³/mol. The third-order valence-electron chi connectivity index (χ3n) is 2.55. The van der Waals surface area contributed by atoms with E-state index in [0.29, 0.717) is 16.8 Å². The van der Waals surface area contributed by atoms with E-state index in [1.807, 2.05) is 30.3 Å². The number of benzene rings is 2. The van der Waals surface area contributed by atoms with Gasteiger partial charge in [0.1, 0.15) is 5.75 Å². The number of aryl methyl sites for hydroxylation is 1. The number of hydrogen-bond donors (Lipinski definition) is 1. The molecule has 0 unspecified atom stereocenters. The molecule has 4 heteroatoms. The summed E-state index contributed by atoms with van der Waals surface area (Å²) in [7, 11) is 0. The number of aromatic hydroxyl groups is 1. The van der Waals surface area contributed by atoms with E-state index >= 15 is 0 Å². The van der Waals surface area contributed by atoms with Gasteiger partial charge in [0, 0.05) is 11.8 Å². The monoisotopic (exact) mass is 356 g/mol. The van der Waals surface area contributed by atoms with Gasteiger partial charge in [-0.1, -0.05) is 18.2 Å². The molecule has 0 aliphatic carbocycles. The van der Waals surface area contributed by atoms with Crippen molar-refractivity contribution in [1.29, 1.82) is 0 Å². The Balaban J connectivity index is 0. The van der Waals surface area contributed by atoms with Crippen LogP contribution in [0.1, 0.15) is 11.1 Å². The van der Waals surface area contributed by atoms with E-state index in [0.717, 1.165) is 5.69 Å². The van der Waals surface area contributed by atoms with Crippen molar-refractivity contribution in [1.82, 2.24) is 0 Å². The molecule has 0 spiro atoms.